The van der Waals surface area contributed by atoms with E-state index < -0.39 is 0 Å². The molecule has 0 aliphatic carbocycles. The highest BCUT2D eigenvalue weighted by Crippen LogP contribution is 2.30. The molecular formula is C18H23ClN2. The molecular weight excluding hydrogens is 280 g/mol. The third kappa shape index (κ3) is 3.98. The van der Waals surface area contributed by atoms with Crippen LogP contribution in [0.3, 0.4) is 0 Å². The summed E-state index contributed by atoms with van der Waals surface area (Å²) in [4.78, 5) is 4.15. The van der Waals surface area contributed by atoms with Crippen LogP contribution in [0.15, 0.2) is 42.6 Å². The Hall–Kier alpha value is -1.54. The number of hydrogen-bond donors (Lipinski definition) is 1. The second kappa shape index (κ2) is 6.48. The molecule has 2 rings (SSSR count). The van der Waals surface area contributed by atoms with E-state index in [1.54, 1.807) is 6.20 Å². The monoisotopic (exact) mass is 302 g/mol. The van der Waals surface area contributed by atoms with Gasteiger partial charge >= 0.3 is 0 Å². The van der Waals surface area contributed by atoms with Crippen LogP contribution >= 0.6 is 11.6 Å². The van der Waals surface area contributed by atoms with Gasteiger partial charge in [0.05, 0.1) is 5.69 Å². The van der Waals surface area contributed by atoms with Crippen LogP contribution in [0.2, 0.25) is 5.15 Å². The number of halogens is 1. The fraction of sp³-hybridized carbons (Fsp3) is 0.389. The molecule has 0 aliphatic rings. The van der Waals surface area contributed by atoms with Gasteiger partial charge < -0.3 is 5.32 Å². The summed E-state index contributed by atoms with van der Waals surface area (Å²) in [7, 11) is 0. The van der Waals surface area contributed by atoms with Gasteiger partial charge in [0.15, 0.2) is 5.15 Å². The van der Waals surface area contributed by atoms with Crippen molar-refractivity contribution in [3.63, 3.8) is 0 Å². The number of benzene rings is 1. The van der Waals surface area contributed by atoms with Crippen LogP contribution in [-0.2, 0) is 5.41 Å². The first kappa shape index (κ1) is 15.8. The number of aryl methyl sites for hydroxylation is 1. The lowest BCUT2D eigenvalue weighted by Gasteiger charge is -2.30. The van der Waals surface area contributed by atoms with Crippen molar-refractivity contribution >= 4 is 17.3 Å². The largest absolute Gasteiger partial charge is 0.380 e. The van der Waals surface area contributed by atoms with Gasteiger partial charge in [0.25, 0.3) is 0 Å². The van der Waals surface area contributed by atoms with Crippen molar-refractivity contribution in [1.29, 1.82) is 0 Å². The molecule has 0 radical (unpaired) electrons. The van der Waals surface area contributed by atoms with Gasteiger partial charge in [-0.05, 0) is 42.9 Å². The molecule has 1 N–H and O–H groups in total. The number of nitrogens with zero attached hydrogens (tertiary/aromatic N) is 1. The summed E-state index contributed by atoms with van der Waals surface area (Å²) in [5.74, 6) is 0. The quantitative estimate of drug-likeness (QED) is 0.767. The zero-order chi connectivity index (χ0) is 15.5. The molecule has 21 heavy (non-hydrogen) atoms. The molecule has 1 aromatic heterocycles. The van der Waals surface area contributed by atoms with Crippen LogP contribution in [0.5, 0.6) is 0 Å². The number of rotatable bonds is 5. The highest BCUT2D eigenvalue weighted by atomic mass is 35.5. The van der Waals surface area contributed by atoms with E-state index in [9.17, 15) is 0 Å². The van der Waals surface area contributed by atoms with Gasteiger partial charge in [0, 0.05) is 12.2 Å². The molecule has 0 spiro atoms. The maximum absolute atomic E-state index is 6.19. The molecule has 3 heteroatoms. The molecule has 0 saturated carbocycles. The lowest BCUT2D eigenvalue weighted by Crippen LogP contribution is -2.28. The first-order valence-electron chi connectivity index (χ1n) is 7.33. The van der Waals surface area contributed by atoms with Crippen LogP contribution in [-0.4, -0.2) is 11.0 Å². The molecule has 0 aliphatic heterocycles. The van der Waals surface area contributed by atoms with E-state index in [-0.39, 0.29) is 5.41 Å². The van der Waals surface area contributed by atoms with Gasteiger partial charge in [-0.15, -0.1) is 0 Å². The lowest BCUT2D eigenvalue weighted by atomic mass is 9.79. The smallest absolute Gasteiger partial charge is 0.152 e. The van der Waals surface area contributed by atoms with Crippen molar-refractivity contribution in [2.45, 2.75) is 45.6 Å². The van der Waals surface area contributed by atoms with Crippen molar-refractivity contribution in [2.75, 3.05) is 5.32 Å². The second-order valence-electron chi connectivity index (χ2n) is 6.29. The second-order valence-corrected chi connectivity index (χ2v) is 6.65. The van der Waals surface area contributed by atoms with Gasteiger partial charge in [-0.2, -0.15) is 0 Å². The van der Waals surface area contributed by atoms with Crippen LogP contribution in [0.1, 0.15) is 38.3 Å². The van der Waals surface area contributed by atoms with E-state index in [1.807, 2.05) is 13.0 Å². The van der Waals surface area contributed by atoms with Crippen molar-refractivity contribution < 1.29 is 0 Å². The summed E-state index contributed by atoms with van der Waals surface area (Å²) in [5.41, 5.74) is 3.53. The van der Waals surface area contributed by atoms with Gasteiger partial charge in [-0.25, -0.2) is 4.98 Å². The number of hydrogen-bond acceptors (Lipinski definition) is 2. The average molecular weight is 303 g/mol. The molecule has 0 bridgehead atoms. The number of aromatic nitrogens is 1. The maximum Gasteiger partial charge on any atom is 0.152 e. The lowest BCUT2D eigenvalue weighted by molar-refractivity contribution is 0.450. The zero-order valence-electron chi connectivity index (χ0n) is 13.2. The predicted molar refractivity (Wildman–Crippen MR) is 91.2 cm³/mol. The highest BCUT2D eigenvalue weighted by Gasteiger charge is 2.23. The van der Waals surface area contributed by atoms with Gasteiger partial charge in [-0.1, -0.05) is 55.8 Å². The van der Waals surface area contributed by atoms with E-state index in [4.69, 9.17) is 11.6 Å². The Kier molecular flexibility index (Phi) is 4.89. The molecule has 1 aromatic carbocycles. The maximum atomic E-state index is 6.19. The van der Waals surface area contributed by atoms with Crippen molar-refractivity contribution in [2.24, 2.45) is 0 Å². The fourth-order valence-electron chi connectivity index (χ4n) is 2.77. The van der Waals surface area contributed by atoms with E-state index in [1.165, 1.54) is 5.56 Å². The van der Waals surface area contributed by atoms with Crippen molar-refractivity contribution in [3.05, 3.63) is 58.9 Å². The Morgan fingerprint density at radius 2 is 1.86 bits per heavy atom. The molecule has 0 saturated heterocycles. The Morgan fingerprint density at radius 3 is 2.48 bits per heavy atom. The van der Waals surface area contributed by atoms with E-state index in [2.05, 4.69) is 61.4 Å². The first-order valence-corrected chi connectivity index (χ1v) is 7.71. The van der Waals surface area contributed by atoms with Crippen LogP contribution in [0, 0.1) is 6.92 Å². The topological polar surface area (TPSA) is 24.9 Å². The minimum atomic E-state index is 0.107. The SMILES string of the molecule is Cc1ccnc(Cl)c1NC(C)CC(C)(C)c1ccccc1. The van der Waals surface area contributed by atoms with Crippen LogP contribution < -0.4 is 5.32 Å². The minimum Gasteiger partial charge on any atom is -0.380 e. The van der Waals surface area contributed by atoms with Crippen LogP contribution in [0.4, 0.5) is 5.69 Å². The average Bonchev–Trinajstić information content (AvgIpc) is 2.43. The molecule has 112 valence electrons. The Balaban J connectivity index is 2.10. The zero-order valence-corrected chi connectivity index (χ0v) is 13.9. The molecule has 1 atom stereocenters. The van der Waals surface area contributed by atoms with E-state index in [0.29, 0.717) is 11.2 Å². The molecule has 0 amide bonds. The molecule has 2 nitrogen and oxygen atoms in total. The van der Waals surface area contributed by atoms with Crippen LogP contribution in [0.25, 0.3) is 0 Å². The summed E-state index contributed by atoms with van der Waals surface area (Å²) in [6, 6.07) is 12.9. The van der Waals surface area contributed by atoms with Gasteiger partial charge in [-0.3, -0.25) is 0 Å². The summed E-state index contributed by atoms with van der Waals surface area (Å²) in [6.07, 6.45) is 2.75. The van der Waals surface area contributed by atoms with Gasteiger partial charge in [0.2, 0.25) is 0 Å². The standard InChI is InChI=1S/C18H23ClN2/c1-13-10-11-20-17(19)16(13)21-14(2)12-18(3,4)15-8-6-5-7-9-15/h5-11,14,21H,12H2,1-4H3. The van der Waals surface area contributed by atoms with Crippen molar-refractivity contribution in [3.8, 4) is 0 Å². The molecule has 1 heterocycles. The fourth-order valence-corrected chi connectivity index (χ4v) is 3.03. The van der Waals surface area contributed by atoms with E-state index >= 15 is 0 Å². The number of pyridine rings is 1. The summed E-state index contributed by atoms with van der Waals surface area (Å²) in [5, 5.41) is 4.05. The molecule has 0 fully saturated rings. The minimum absolute atomic E-state index is 0.107. The number of anilines is 1. The summed E-state index contributed by atoms with van der Waals surface area (Å²) in [6.45, 7) is 8.79. The highest BCUT2D eigenvalue weighted by molar-refractivity contribution is 6.32. The third-order valence-electron chi connectivity index (χ3n) is 3.88. The Labute approximate surface area is 132 Å². The third-order valence-corrected chi connectivity index (χ3v) is 4.16. The Morgan fingerprint density at radius 1 is 1.19 bits per heavy atom. The molecule has 2 aromatic rings. The predicted octanol–water partition coefficient (Wildman–Crippen LogP) is 5.21. The summed E-state index contributed by atoms with van der Waals surface area (Å²) < 4.78 is 0. The number of nitrogens with one attached hydrogen (secondary N) is 1. The van der Waals surface area contributed by atoms with Gasteiger partial charge in [0.1, 0.15) is 0 Å². The normalized spacial score (nSPS) is 13.0. The summed E-state index contributed by atoms with van der Waals surface area (Å²) >= 11 is 6.19. The Bertz CT molecular complexity index is 573. The molecule has 1 unspecified atom stereocenters. The van der Waals surface area contributed by atoms with Crippen molar-refractivity contribution in [1.82, 2.24) is 4.98 Å². The van der Waals surface area contributed by atoms with E-state index in [0.717, 1.165) is 17.7 Å². The first-order chi connectivity index (χ1) is 9.90.